The summed E-state index contributed by atoms with van der Waals surface area (Å²) in [5, 5.41) is 0. The van der Waals surface area contributed by atoms with Gasteiger partial charge in [-0.3, -0.25) is 0 Å². The zero-order valence-corrected chi connectivity index (χ0v) is 8.71. The molecule has 0 aromatic carbocycles. The van der Waals surface area contributed by atoms with Crippen molar-refractivity contribution in [3.05, 3.63) is 0 Å². The van der Waals surface area contributed by atoms with Gasteiger partial charge in [0.15, 0.2) is 0 Å². The SMILES string of the molecule is COC(=O)NS(=O)(=O)NC(=O)N(C)C. The van der Waals surface area contributed by atoms with Gasteiger partial charge < -0.3 is 9.64 Å². The number of nitrogens with zero attached hydrogens (tertiary/aromatic N) is 1. The van der Waals surface area contributed by atoms with E-state index < -0.39 is 22.3 Å². The van der Waals surface area contributed by atoms with Crippen LogP contribution in [0.5, 0.6) is 0 Å². The Hall–Kier alpha value is -1.51. The van der Waals surface area contributed by atoms with Gasteiger partial charge in [-0.15, -0.1) is 0 Å². The molecule has 82 valence electrons. The smallest absolute Gasteiger partial charge is 0.422 e. The average Bonchev–Trinajstić information content (AvgIpc) is 2.02. The molecule has 14 heavy (non-hydrogen) atoms. The van der Waals surface area contributed by atoms with E-state index in [2.05, 4.69) is 4.74 Å². The minimum atomic E-state index is -4.20. The van der Waals surface area contributed by atoms with E-state index >= 15 is 0 Å². The lowest BCUT2D eigenvalue weighted by Crippen LogP contribution is -2.46. The van der Waals surface area contributed by atoms with Crippen LogP contribution in [0.15, 0.2) is 0 Å². The molecule has 0 rings (SSSR count). The Bertz CT molecular complexity index is 322. The summed E-state index contributed by atoms with van der Waals surface area (Å²) in [6.07, 6.45) is -1.18. The largest absolute Gasteiger partial charge is 0.452 e. The van der Waals surface area contributed by atoms with E-state index in [1.54, 1.807) is 4.72 Å². The number of amides is 3. The van der Waals surface area contributed by atoms with Crippen LogP contribution in [0, 0.1) is 0 Å². The molecule has 0 radical (unpaired) electrons. The molecule has 3 amide bonds. The number of urea groups is 1. The number of hydrogen-bond acceptors (Lipinski definition) is 5. The van der Waals surface area contributed by atoms with Crippen LogP contribution in [0.1, 0.15) is 0 Å². The molecule has 0 aromatic heterocycles. The van der Waals surface area contributed by atoms with E-state index in [9.17, 15) is 18.0 Å². The third kappa shape index (κ3) is 4.50. The van der Waals surface area contributed by atoms with Gasteiger partial charge in [0.2, 0.25) is 0 Å². The van der Waals surface area contributed by atoms with E-state index in [1.165, 1.54) is 18.8 Å². The van der Waals surface area contributed by atoms with E-state index in [0.29, 0.717) is 0 Å². The third-order valence-electron chi connectivity index (χ3n) is 1.03. The summed E-state index contributed by atoms with van der Waals surface area (Å²) in [5.74, 6) is 0. The Morgan fingerprint density at radius 1 is 1.21 bits per heavy atom. The molecule has 8 nitrogen and oxygen atoms in total. The Morgan fingerprint density at radius 2 is 1.71 bits per heavy atom. The predicted molar refractivity (Wildman–Crippen MR) is 46.7 cm³/mol. The van der Waals surface area contributed by atoms with Gasteiger partial charge in [-0.1, -0.05) is 0 Å². The summed E-state index contributed by atoms with van der Waals surface area (Å²) >= 11 is 0. The molecule has 0 aliphatic rings. The highest BCUT2D eigenvalue weighted by atomic mass is 32.2. The summed E-state index contributed by atoms with van der Waals surface area (Å²) in [6.45, 7) is 0. The summed E-state index contributed by atoms with van der Waals surface area (Å²) < 4.78 is 28.9. The third-order valence-corrected chi connectivity index (χ3v) is 1.91. The first-order chi connectivity index (χ1) is 6.28. The fourth-order valence-electron chi connectivity index (χ4n) is 0.383. The van der Waals surface area contributed by atoms with Crippen LogP contribution < -0.4 is 9.44 Å². The van der Waals surface area contributed by atoms with Crippen molar-refractivity contribution < 1.29 is 22.7 Å². The summed E-state index contributed by atoms with van der Waals surface area (Å²) in [6, 6.07) is -0.874. The Balaban J connectivity index is 4.37. The molecule has 0 aliphatic carbocycles. The summed E-state index contributed by atoms with van der Waals surface area (Å²) in [4.78, 5) is 22.4. The number of rotatable bonds is 2. The first kappa shape index (κ1) is 12.5. The molecule has 0 saturated carbocycles. The van der Waals surface area contributed by atoms with Crippen molar-refractivity contribution in [3.8, 4) is 0 Å². The van der Waals surface area contributed by atoms with Crippen molar-refractivity contribution >= 4 is 22.3 Å². The van der Waals surface area contributed by atoms with Crippen LogP contribution in [0.2, 0.25) is 0 Å². The second kappa shape index (κ2) is 4.65. The van der Waals surface area contributed by atoms with E-state index in [-0.39, 0.29) is 0 Å². The van der Waals surface area contributed by atoms with Crippen molar-refractivity contribution in [2.45, 2.75) is 0 Å². The highest BCUT2D eigenvalue weighted by Crippen LogP contribution is 1.83. The van der Waals surface area contributed by atoms with Crippen LogP contribution in [0.25, 0.3) is 0 Å². The summed E-state index contributed by atoms with van der Waals surface area (Å²) in [5.41, 5.74) is 0. The van der Waals surface area contributed by atoms with Crippen LogP contribution in [0.4, 0.5) is 9.59 Å². The Morgan fingerprint density at radius 3 is 2.07 bits per heavy atom. The molecule has 0 saturated heterocycles. The second-order valence-corrected chi connectivity index (χ2v) is 3.81. The first-order valence-electron chi connectivity index (χ1n) is 3.38. The number of carbonyl (C=O) groups excluding carboxylic acids is 2. The van der Waals surface area contributed by atoms with Gasteiger partial charge in [-0.25, -0.2) is 19.0 Å². The molecule has 0 atom stereocenters. The maximum atomic E-state index is 10.9. The van der Waals surface area contributed by atoms with Gasteiger partial charge >= 0.3 is 22.3 Å². The maximum absolute atomic E-state index is 10.9. The van der Waals surface area contributed by atoms with Crippen LogP contribution in [0.3, 0.4) is 0 Å². The van der Waals surface area contributed by atoms with Gasteiger partial charge in [0.1, 0.15) is 0 Å². The van der Waals surface area contributed by atoms with Crippen molar-refractivity contribution in [3.63, 3.8) is 0 Å². The van der Waals surface area contributed by atoms with Crippen molar-refractivity contribution in [1.82, 2.24) is 14.3 Å². The van der Waals surface area contributed by atoms with Crippen LogP contribution in [-0.4, -0.2) is 46.6 Å². The molecule has 0 bridgehead atoms. The molecule has 0 aromatic rings. The standard InChI is InChI=1S/C5H11N3O5S/c1-8(2)4(9)6-14(11,12)7-5(10)13-3/h1-3H3,(H,6,9)(H,7,10). The van der Waals surface area contributed by atoms with Gasteiger partial charge in [0.05, 0.1) is 7.11 Å². The molecule has 0 heterocycles. The molecule has 0 fully saturated rings. The van der Waals surface area contributed by atoms with E-state index in [0.717, 1.165) is 12.0 Å². The topological polar surface area (TPSA) is 105 Å². The Kier molecular flexibility index (Phi) is 4.15. The second-order valence-electron chi connectivity index (χ2n) is 2.40. The monoisotopic (exact) mass is 225 g/mol. The van der Waals surface area contributed by atoms with Gasteiger partial charge in [-0.05, 0) is 0 Å². The minimum absolute atomic E-state index is 0.874. The predicted octanol–water partition coefficient (Wildman–Crippen LogP) is -1.14. The fourth-order valence-corrected chi connectivity index (χ4v) is 1.15. The van der Waals surface area contributed by atoms with Crippen LogP contribution in [-0.2, 0) is 14.9 Å². The van der Waals surface area contributed by atoms with Crippen molar-refractivity contribution in [1.29, 1.82) is 0 Å². The number of carbonyl (C=O) groups is 2. The molecule has 0 spiro atoms. The molecular weight excluding hydrogens is 214 g/mol. The molecule has 2 N–H and O–H groups in total. The minimum Gasteiger partial charge on any atom is -0.452 e. The zero-order chi connectivity index (χ0) is 11.4. The molecule has 0 unspecified atom stereocenters. The zero-order valence-electron chi connectivity index (χ0n) is 7.90. The Labute approximate surface area is 81.4 Å². The maximum Gasteiger partial charge on any atom is 0.422 e. The van der Waals surface area contributed by atoms with Crippen molar-refractivity contribution in [2.24, 2.45) is 0 Å². The molecule has 0 aliphatic heterocycles. The number of nitrogens with one attached hydrogen (secondary N) is 2. The van der Waals surface area contributed by atoms with Crippen molar-refractivity contribution in [2.75, 3.05) is 21.2 Å². The van der Waals surface area contributed by atoms with Gasteiger partial charge in [0.25, 0.3) is 0 Å². The lowest BCUT2D eigenvalue weighted by molar-refractivity contribution is 0.177. The van der Waals surface area contributed by atoms with Crippen LogP contribution >= 0.6 is 0 Å². The average molecular weight is 225 g/mol. The number of methoxy groups -OCH3 is 1. The van der Waals surface area contributed by atoms with E-state index in [1.807, 2.05) is 0 Å². The lowest BCUT2D eigenvalue weighted by atomic mass is 10.9. The lowest BCUT2D eigenvalue weighted by Gasteiger charge is -2.12. The number of ether oxygens (including phenoxy) is 1. The first-order valence-corrected chi connectivity index (χ1v) is 4.86. The quantitative estimate of drug-likeness (QED) is 0.618. The van der Waals surface area contributed by atoms with Gasteiger partial charge in [0, 0.05) is 14.1 Å². The highest BCUT2D eigenvalue weighted by molar-refractivity contribution is 7.88. The highest BCUT2D eigenvalue weighted by Gasteiger charge is 2.18. The number of hydrogen-bond donors (Lipinski definition) is 2. The molecular formula is C5H11N3O5S. The fraction of sp³-hybridized carbons (Fsp3) is 0.600. The van der Waals surface area contributed by atoms with Gasteiger partial charge in [-0.2, -0.15) is 8.42 Å². The van der Waals surface area contributed by atoms with E-state index in [4.69, 9.17) is 0 Å². The molecule has 9 heteroatoms. The summed E-state index contributed by atoms with van der Waals surface area (Å²) in [7, 11) is -0.504. The normalized spacial score (nSPS) is 10.2.